The highest BCUT2D eigenvalue weighted by Gasteiger charge is 2.29. The van der Waals surface area contributed by atoms with Gasteiger partial charge >= 0.3 is 0 Å². The van der Waals surface area contributed by atoms with Gasteiger partial charge in [-0.2, -0.15) is 9.40 Å². The van der Waals surface area contributed by atoms with Crippen molar-refractivity contribution in [2.75, 3.05) is 13.1 Å². The Kier molecular flexibility index (Phi) is 5.76. The molecule has 1 aromatic carbocycles. The molecule has 1 aliphatic heterocycles. The van der Waals surface area contributed by atoms with Crippen LogP contribution in [0.2, 0.25) is 0 Å². The third-order valence-electron chi connectivity index (χ3n) is 4.75. The van der Waals surface area contributed by atoms with E-state index in [0.29, 0.717) is 6.54 Å². The van der Waals surface area contributed by atoms with Gasteiger partial charge < -0.3 is 5.32 Å². The molecule has 0 saturated carbocycles. The van der Waals surface area contributed by atoms with E-state index in [2.05, 4.69) is 17.0 Å². The SMILES string of the molecule is C=CC(=O)NC1CCCCN(S(=O)(=O)c2cccc(-c3ccnn3C)c2)C1. The summed E-state index contributed by atoms with van der Waals surface area (Å²) in [5, 5.41) is 6.97. The van der Waals surface area contributed by atoms with Gasteiger partial charge in [-0.25, -0.2) is 8.42 Å². The number of hydrogen-bond acceptors (Lipinski definition) is 4. The lowest BCUT2D eigenvalue weighted by molar-refractivity contribution is -0.117. The van der Waals surface area contributed by atoms with Crippen molar-refractivity contribution < 1.29 is 13.2 Å². The van der Waals surface area contributed by atoms with E-state index in [0.717, 1.165) is 30.5 Å². The lowest BCUT2D eigenvalue weighted by Crippen LogP contribution is -2.44. The van der Waals surface area contributed by atoms with Gasteiger partial charge in [0.2, 0.25) is 15.9 Å². The second kappa shape index (κ2) is 8.06. The molecule has 2 heterocycles. The fraction of sp³-hybridized carbons (Fsp3) is 0.368. The summed E-state index contributed by atoms with van der Waals surface area (Å²) in [4.78, 5) is 11.9. The third-order valence-corrected chi connectivity index (χ3v) is 6.62. The molecule has 3 rings (SSSR count). The first kappa shape index (κ1) is 19.3. The standard InChI is InChI=1S/C19H24N4O3S/c1-3-19(24)21-16-8-4-5-12-23(14-16)27(25,26)17-9-6-7-15(13-17)18-10-11-20-22(18)2/h3,6-7,9-11,13,16H,1,4-5,8,12,14H2,2H3,(H,21,24). The average Bonchev–Trinajstić information content (AvgIpc) is 2.95. The minimum absolute atomic E-state index is 0.215. The Balaban J connectivity index is 1.87. The molecule has 0 aliphatic carbocycles. The number of nitrogens with one attached hydrogen (secondary N) is 1. The van der Waals surface area contributed by atoms with Gasteiger partial charge in [0.1, 0.15) is 0 Å². The van der Waals surface area contributed by atoms with Crippen LogP contribution in [0.1, 0.15) is 19.3 Å². The molecular weight excluding hydrogens is 364 g/mol. The van der Waals surface area contributed by atoms with Gasteiger partial charge in [-0.05, 0) is 37.1 Å². The van der Waals surface area contributed by atoms with Crippen LogP contribution in [0.15, 0.2) is 54.1 Å². The molecule has 1 aromatic heterocycles. The minimum Gasteiger partial charge on any atom is -0.349 e. The zero-order chi connectivity index (χ0) is 19.4. The van der Waals surface area contributed by atoms with Gasteiger partial charge in [0.15, 0.2) is 0 Å². The van der Waals surface area contributed by atoms with E-state index in [4.69, 9.17) is 0 Å². The highest BCUT2D eigenvalue weighted by Crippen LogP contribution is 2.25. The maximum Gasteiger partial charge on any atom is 0.243 e. The molecule has 0 radical (unpaired) electrons. The first-order chi connectivity index (χ1) is 12.9. The predicted octanol–water partition coefficient (Wildman–Crippen LogP) is 1.93. The summed E-state index contributed by atoms with van der Waals surface area (Å²) in [6.45, 7) is 4.16. The van der Waals surface area contributed by atoms with E-state index >= 15 is 0 Å². The maximum absolute atomic E-state index is 13.2. The first-order valence-electron chi connectivity index (χ1n) is 8.93. The Hall–Kier alpha value is -2.45. The summed E-state index contributed by atoms with van der Waals surface area (Å²) in [6, 6.07) is 8.52. The van der Waals surface area contributed by atoms with Crippen LogP contribution in [-0.4, -0.2) is 47.5 Å². The molecule has 27 heavy (non-hydrogen) atoms. The topological polar surface area (TPSA) is 84.3 Å². The van der Waals surface area contributed by atoms with Crippen LogP contribution in [0.3, 0.4) is 0 Å². The predicted molar refractivity (Wildman–Crippen MR) is 103 cm³/mol. The molecule has 2 aromatic rings. The van der Waals surface area contributed by atoms with Crippen molar-refractivity contribution in [2.24, 2.45) is 7.05 Å². The average molecular weight is 388 g/mol. The van der Waals surface area contributed by atoms with Crippen LogP contribution >= 0.6 is 0 Å². The highest BCUT2D eigenvalue weighted by atomic mass is 32.2. The molecule has 1 unspecified atom stereocenters. The summed E-state index contributed by atoms with van der Waals surface area (Å²) >= 11 is 0. The largest absolute Gasteiger partial charge is 0.349 e. The second-order valence-electron chi connectivity index (χ2n) is 6.64. The normalized spacial score (nSPS) is 18.6. The number of sulfonamides is 1. The van der Waals surface area contributed by atoms with E-state index in [-0.39, 0.29) is 23.4 Å². The molecule has 0 spiro atoms. The van der Waals surface area contributed by atoms with E-state index < -0.39 is 10.0 Å². The van der Waals surface area contributed by atoms with Gasteiger partial charge in [0.05, 0.1) is 10.6 Å². The molecule has 1 N–H and O–H groups in total. The number of carbonyl (C=O) groups is 1. The third kappa shape index (κ3) is 4.28. The van der Waals surface area contributed by atoms with Crippen molar-refractivity contribution in [1.82, 2.24) is 19.4 Å². The van der Waals surface area contributed by atoms with E-state index in [1.165, 1.54) is 10.4 Å². The summed E-state index contributed by atoms with van der Waals surface area (Å²) in [6.07, 6.45) is 5.27. The van der Waals surface area contributed by atoms with Crippen LogP contribution in [-0.2, 0) is 21.9 Å². The number of rotatable bonds is 5. The molecule has 7 nitrogen and oxygen atoms in total. The quantitative estimate of drug-likeness (QED) is 0.794. The maximum atomic E-state index is 13.2. The van der Waals surface area contributed by atoms with Gasteiger partial charge in [0, 0.05) is 37.9 Å². The Bertz CT molecular complexity index is 936. The first-order valence-corrected chi connectivity index (χ1v) is 10.4. The van der Waals surface area contributed by atoms with Crippen molar-refractivity contribution in [2.45, 2.75) is 30.2 Å². The number of benzene rings is 1. The fourth-order valence-corrected chi connectivity index (χ4v) is 4.90. The van der Waals surface area contributed by atoms with Gasteiger partial charge in [-0.3, -0.25) is 9.48 Å². The molecule has 8 heteroatoms. The molecular formula is C19H24N4O3S. The van der Waals surface area contributed by atoms with Crippen molar-refractivity contribution >= 4 is 15.9 Å². The van der Waals surface area contributed by atoms with Crippen LogP contribution in [0, 0.1) is 0 Å². The Morgan fingerprint density at radius 3 is 2.85 bits per heavy atom. The van der Waals surface area contributed by atoms with Crippen LogP contribution < -0.4 is 5.32 Å². The fourth-order valence-electron chi connectivity index (χ4n) is 3.33. The Labute approximate surface area is 159 Å². The number of amides is 1. The van der Waals surface area contributed by atoms with E-state index in [1.54, 1.807) is 29.1 Å². The molecule has 1 amide bonds. The number of hydrogen-bond donors (Lipinski definition) is 1. The Morgan fingerprint density at radius 2 is 2.15 bits per heavy atom. The lowest BCUT2D eigenvalue weighted by Gasteiger charge is -2.24. The molecule has 1 aliphatic rings. The summed E-state index contributed by atoms with van der Waals surface area (Å²) in [7, 11) is -1.84. The van der Waals surface area contributed by atoms with Crippen LogP contribution in [0.4, 0.5) is 0 Å². The summed E-state index contributed by atoms with van der Waals surface area (Å²) in [5.41, 5.74) is 1.64. The monoisotopic (exact) mass is 388 g/mol. The van der Waals surface area contributed by atoms with Gasteiger partial charge in [0.25, 0.3) is 0 Å². The van der Waals surface area contributed by atoms with E-state index in [1.807, 2.05) is 19.2 Å². The highest BCUT2D eigenvalue weighted by molar-refractivity contribution is 7.89. The number of nitrogens with zero attached hydrogens (tertiary/aromatic N) is 3. The molecule has 0 bridgehead atoms. The molecule has 1 atom stereocenters. The minimum atomic E-state index is -3.66. The molecule has 1 saturated heterocycles. The van der Waals surface area contributed by atoms with Crippen LogP contribution in [0.5, 0.6) is 0 Å². The number of aromatic nitrogens is 2. The van der Waals surface area contributed by atoms with Gasteiger partial charge in [-0.15, -0.1) is 0 Å². The van der Waals surface area contributed by atoms with Gasteiger partial charge in [-0.1, -0.05) is 25.1 Å². The Morgan fingerprint density at radius 1 is 1.33 bits per heavy atom. The molecule has 144 valence electrons. The zero-order valence-electron chi connectivity index (χ0n) is 15.3. The van der Waals surface area contributed by atoms with Crippen molar-refractivity contribution in [3.05, 3.63) is 49.2 Å². The van der Waals surface area contributed by atoms with Crippen molar-refractivity contribution in [3.63, 3.8) is 0 Å². The number of aryl methyl sites for hydroxylation is 1. The second-order valence-corrected chi connectivity index (χ2v) is 8.57. The van der Waals surface area contributed by atoms with Crippen LogP contribution in [0.25, 0.3) is 11.3 Å². The van der Waals surface area contributed by atoms with E-state index in [9.17, 15) is 13.2 Å². The lowest BCUT2D eigenvalue weighted by atomic mass is 10.1. The van der Waals surface area contributed by atoms with Crippen molar-refractivity contribution in [1.29, 1.82) is 0 Å². The summed E-state index contributed by atoms with van der Waals surface area (Å²) in [5.74, 6) is -0.280. The smallest absolute Gasteiger partial charge is 0.243 e. The summed E-state index contributed by atoms with van der Waals surface area (Å²) < 4.78 is 29.6. The molecule has 1 fully saturated rings. The number of carbonyl (C=O) groups excluding carboxylic acids is 1. The van der Waals surface area contributed by atoms with Crippen molar-refractivity contribution in [3.8, 4) is 11.3 Å². The zero-order valence-corrected chi connectivity index (χ0v) is 16.2.